The lowest BCUT2D eigenvalue weighted by Gasteiger charge is -2.25. The van der Waals surface area contributed by atoms with Gasteiger partial charge in [-0.25, -0.2) is 0 Å². The van der Waals surface area contributed by atoms with Crippen molar-refractivity contribution in [3.8, 4) is 0 Å². The number of amides is 1. The molecule has 0 bridgehead atoms. The van der Waals surface area contributed by atoms with E-state index in [1.807, 2.05) is 66.9 Å². The molecule has 162 valence electrons. The summed E-state index contributed by atoms with van der Waals surface area (Å²) in [5.41, 5.74) is 5.19. The van der Waals surface area contributed by atoms with Gasteiger partial charge in [0.2, 0.25) is 0 Å². The Balaban J connectivity index is 1.64. The molecule has 1 N–H and O–H groups in total. The third-order valence-electron chi connectivity index (χ3n) is 6.43. The molecule has 4 nitrogen and oxygen atoms in total. The molecule has 1 fully saturated rings. The molecule has 1 atom stereocenters. The number of nitrogens with zero attached hydrogens (tertiary/aromatic N) is 1. The summed E-state index contributed by atoms with van der Waals surface area (Å²) in [6.07, 6.45) is 4.33. The van der Waals surface area contributed by atoms with Crippen LogP contribution in [-0.4, -0.2) is 21.7 Å². The fourth-order valence-corrected chi connectivity index (χ4v) is 5.54. The van der Waals surface area contributed by atoms with Crippen LogP contribution in [0.25, 0.3) is 5.76 Å². The average molecular weight is 444 g/mol. The first-order valence-corrected chi connectivity index (χ1v) is 11.9. The maximum Gasteiger partial charge on any atom is 0.295 e. The SMILES string of the molecule is Cc1cccc(C2/C(=C(/O)c3ccc4c(c3)CCCC4)C(=O)C(=O)N2Cc2cccs2)c1. The Kier molecular flexibility index (Phi) is 5.43. The molecule has 1 aliphatic heterocycles. The lowest BCUT2D eigenvalue weighted by molar-refractivity contribution is -0.140. The number of carbonyl (C=O) groups excluding carboxylic acids is 2. The smallest absolute Gasteiger partial charge is 0.295 e. The first-order valence-electron chi connectivity index (χ1n) is 11.0. The Labute approximate surface area is 191 Å². The molecule has 32 heavy (non-hydrogen) atoms. The van der Waals surface area contributed by atoms with Gasteiger partial charge in [-0.3, -0.25) is 9.59 Å². The van der Waals surface area contributed by atoms with Crippen LogP contribution in [0.1, 0.15) is 51.6 Å². The Morgan fingerprint density at radius 1 is 1.03 bits per heavy atom. The number of ketones is 1. The van der Waals surface area contributed by atoms with E-state index in [9.17, 15) is 14.7 Å². The van der Waals surface area contributed by atoms with E-state index >= 15 is 0 Å². The minimum atomic E-state index is -0.622. The number of rotatable bonds is 4. The number of benzene rings is 2. The lowest BCUT2D eigenvalue weighted by Crippen LogP contribution is -2.28. The summed E-state index contributed by atoms with van der Waals surface area (Å²) < 4.78 is 0. The molecule has 1 saturated heterocycles. The van der Waals surface area contributed by atoms with Gasteiger partial charge in [0.25, 0.3) is 11.7 Å². The largest absolute Gasteiger partial charge is 0.507 e. The van der Waals surface area contributed by atoms with Crippen LogP contribution in [0.2, 0.25) is 0 Å². The Morgan fingerprint density at radius 3 is 2.59 bits per heavy atom. The first-order chi connectivity index (χ1) is 15.5. The number of carbonyl (C=O) groups is 2. The second-order valence-corrected chi connectivity index (χ2v) is 9.64. The van der Waals surface area contributed by atoms with E-state index in [-0.39, 0.29) is 11.3 Å². The van der Waals surface area contributed by atoms with Crippen molar-refractivity contribution in [3.05, 3.63) is 98.2 Å². The highest BCUT2D eigenvalue weighted by molar-refractivity contribution is 7.09. The summed E-state index contributed by atoms with van der Waals surface area (Å²) in [6, 6.07) is 17.0. The van der Waals surface area contributed by atoms with Gasteiger partial charge < -0.3 is 10.0 Å². The van der Waals surface area contributed by atoms with Crippen molar-refractivity contribution in [3.63, 3.8) is 0 Å². The zero-order valence-corrected chi connectivity index (χ0v) is 18.8. The highest BCUT2D eigenvalue weighted by Crippen LogP contribution is 2.41. The standard InChI is InChI=1S/C27H25NO3S/c1-17-6-4-9-20(14-17)24-23(26(30)27(31)28(24)16-22-10-5-13-32-22)25(29)21-12-11-18-7-2-3-8-19(18)15-21/h4-6,9-15,24,29H,2-3,7-8,16H2,1H3/b25-23-. The van der Waals surface area contributed by atoms with Gasteiger partial charge in [0.05, 0.1) is 18.2 Å². The maximum absolute atomic E-state index is 13.2. The van der Waals surface area contributed by atoms with Crippen molar-refractivity contribution in [2.45, 2.75) is 45.2 Å². The molecule has 5 heteroatoms. The van der Waals surface area contributed by atoms with Gasteiger partial charge in [0.15, 0.2) is 0 Å². The normalized spacial score (nSPS) is 19.9. The van der Waals surface area contributed by atoms with Crippen molar-refractivity contribution in [2.75, 3.05) is 0 Å². The van der Waals surface area contributed by atoms with Crippen LogP contribution in [0, 0.1) is 6.92 Å². The van der Waals surface area contributed by atoms with Crippen LogP contribution in [0.15, 0.2) is 65.6 Å². The summed E-state index contributed by atoms with van der Waals surface area (Å²) in [6.45, 7) is 2.32. The number of likely N-dealkylation sites (tertiary alicyclic amines) is 1. The van der Waals surface area contributed by atoms with E-state index in [4.69, 9.17) is 0 Å². The number of aliphatic hydroxyl groups is 1. The molecular weight excluding hydrogens is 418 g/mol. The summed E-state index contributed by atoms with van der Waals surface area (Å²) in [4.78, 5) is 28.9. The number of aryl methyl sites for hydroxylation is 3. The number of hydrogen-bond donors (Lipinski definition) is 1. The van der Waals surface area contributed by atoms with Crippen LogP contribution in [0.5, 0.6) is 0 Å². The fraction of sp³-hybridized carbons (Fsp3) is 0.259. The predicted molar refractivity (Wildman–Crippen MR) is 126 cm³/mol. The van der Waals surface area contributed by atoms with Gasteiger partial charge in [-0.1, -0.05) is 48.0 Å². The predicted octanol–water partition coefficient (Wildman–Crippen LogP) is 5.56. The summed E-state index contributed by atoms with van der Waals surface area (Å²) >= 11 is 1.55. The molecule has 3 aromatic rings. The molecule has 1 aromatic heterocycles. The summed E-state index contributed by atoms with van der Waals surface area (Å²) in [7, 11) is 0. The van der Waals surface area contributed by atoms with Gasteiger partial charge in [-0.2, -0.15) is 0 Å². The number of thiophene rings is 1. The number of aliphatic hydroxyl groups excluding tert-OH is 1. The average Bonchev–Trinajstić information content (AvgIpc) is 3.41. The van der Waals surface area contributed by atoms with E-state index in [1.54, 1.807) is 16.2 Å². The van der Waals surface area contributed by atoms with Crippen LogP contribution in [0.3, 0.4) is 0 Å². The molecule has 5 rings (SSSR count). The topological polar surface area (TPSA) is 57.6 Å². The molecule has 1 amide bonds. The maximum atomic E-state index is 13.2. The molecule has 2 aliphatic rings. The Bertz CT molecular complexity index is 1230. The van der Waals surface area contributed by atoms with E-state index in [2.05, 4.69) is 0 Å². The number of Topliss-reactive ketones (excluding diaryl/α,β-unsaturated/α-hetero) is 1. The first kappa shape index (κ1) is 20.7. The fourth-order valence-electron chi connectivity index (χ4n) is 4.84. The van der Waals surface area contributed by atoms with Crippen LogP contribution < -0.4 is 0 Å². The molecule has 0 spiro atoms. The monoisotopic (exact) mass is 443 g/mol. The molecule has 1 aliphatic carbocycles. The van der Waals surface area contributed by atoms with E-state index in [0.717, 1.165) is 35.3 Å². The molecule has 1 unspecified atom stereocenters. The molecular formula is C27H25NO3S. The number of fused-ring (bicyclic) bond motifs is 1. The zero-order valence-electron chi connectivity index (χ0n) is 18.0. The van der Waals surface area contributed by atoms with Crippen molar-refractivity contribution < 1.29 is 14.7 Å². The van der Waals surface area contributed by atoms with E-state index in [1.165, 1.54) is 17.5 Å². The van der Waals surface area contributed by atoms with Gasteiger partial charge in [0.1, 0.15) is 5.76 Å². The highest BCUT2D eigenvalue weighted by atomic mass is 32.1. The van der Waals surface area contributed by atoms with E-state index in [0.29, 0.717) is 12.1 Å². The molecule has 0 radical (unpaired) electrons. The van der Waals surface area contributed by atoms with E-state index < -0.39 is 17.7 Å². The van der Waals surface area contributed by atoms with Gasteiger partial charge in [-0.05, 0) is 66.8 Å². The minimum Gasteiger partial charge on any atom is -0.507 e. The highest BCUT2D eigenvalue weighted by Gasteiger charge is 2.46. The summed E-state index contributed by atoms with van der Waals surface area (Å²) in [5, 5.41) is 13.3. The Hall–Kier alpha value is -3.18. The van der Waals surface area contributed by atoms with Crippen LogP contribution in [0.4, 0.5) is 0 Å². The lowest BCUT2D eigenvalue weighted by atomic mass is 9.88. The van der Waals surface area contributed by atoms with Gasteiger partial charge >= 0.3 is 0 Å². The minimum absolute atomic E-state index is 0.0862. The van der Waals surface area contributed by atoms with Crippen molar-refractivity contribution in [1.29, 1.82) is 0 Å². The number of hydrogen-bond acceptors (Lipinski definition) is 4. The van der Waals surface area contributed by atoms with Gasteiger partial charge in [0, 0.05) is 10.4 Å². The summed E-state index contributed by atoms with van der Waals surface area (Å²) in [5.74, 6) is -1.27. The quantitative estimate of drug-likeness (QED) is 0.326. The molecule has 2 aromatic carbocycles. The zero-order chi connectivity index (χ0) is 22.2. The van der Waals surface area contributed by atoms with Crippen molar-refractivity contribution in [2.24, 2.45) is 0 Å². The second-order valence-electron chi connectivity index (χ2n) is 8.61. The second kappa shape index (κ2) is 8.40. The van der Waals surface area contributed by atoms with Gasteiger partial charge in [-0.15, -0.1) is 11.3 Å². The van der Waals surface area contributed by atoms with Crippen molar-refractivity contribution >= 4 is 28.8 Å². The van der Waals surface area contributed by atoms with Crippen LogP contribution in [-0.2, 0) is 29.0 Å². The third-order valence-corrected chi connectivity index (χ3v) is 7.29. The Morgan fingerprint density at radius 2 is 1.84 bits per heavy atom. The van der Waals surface area contributed by atoms with Crippen LogP contribution >= 0.6 is 11.3 Å². The van der Waals surface area contributed by atoms with Crippen molar-refractivity contribution in [1.82, 2.24) is 4.90 Å². The molecule has 2 heterocycles. The third kappa shape index (κ3) is 3.67. The molecule has 0 saturated carbocycles.